The second kappa shape index (κ2) is 8.03. The maximum Gasteiger partial charge on any atom is 0.338 e. The van der Waals surface area contributed by atoms with Gasteiger partial charge in [0.1, 0.15) is 11.8 Å². The molecule has 2 rings (SSSR count). The molecular weight excluding hydrogens is 336 g/mol. The van der Waals surface area contributed by atoms with E-state index in [1.54, 1.807) is 12.1 Å². The highest BCUT2D eigenvalue weighted by molar-refractivity contribution is 5.99. The molecule has 0 saturated carbocycles. The summed E-state index contributed by atoms with van der Waals surface area (Å²) in [6.45, 7) is 6.64. The van der Waals surface area contributed by atoms with E-state index in [1.165, 1.54) is 7.11 Å². The molecule has 1 aromatic carbocycles. The maximum absolute atomic E-state index is 12.3. The van der Waals surface area contributed by atoms with Crippen LogP contribution in [0.1, 0.15) is 36.7 Å². The van der Waals surface area contributed by atoms with E-state index in [1.807, 2.05) is 12.1 Å². The maximum atomic E-state index is 12.3. The molecule has 1 heterocycles. The van der Waals surface area contributed by atoms with Gasteiger partial charge < -0.3 is 20.1 Å². The van der Waals surface area contributed by atoms with Crippen molar-refractivity contribution in [1.29, 1.82) is 0 Å². The van der Waals surface area contributed by atoms with Crippen LogP contribution in [0.3, 0.4) is 0 Å². The lowest BCUT2D eigenvalue weighted by molar-refractivity contribution is -0.135. The normalized spacial score (nSPS) is 19.2. The molecule has 0 bridgehead atoms. The van der Waals surface area contributed by atoms with Crippen LogP contribution in [0.2, 0.25) is 0 Å². The summed E-state index contributed by atoms with van der Waals surface area (Å²) in [6.07, 6.45) is 0.502. The second-order valence-electron chi connectivity index (χ2n) is 7.03. The number of amides is 1. The average molecular weight is 360 g/mol. The predicted molar refractivity (Wildman–Crippen MR) is 95.5 cm³/mol. The van der Waals surface area contributed by atoms with Crippen LogP contribution in [0.4, 0.5) is 0 Å². The summed E-state index contributed by atoms with van der Waals surface area (Å²) >= 11 is 0. The van der Waals surface area contributed by atoms with Crippen LogP contribution in [0.5, 0.6) is 0 Å². The molecule has 0 radical (unpaired) electrons. The highest BCUT2D eigenvalue weighted by Gasteiger charge is 2.24. The van der Waals surface area contributed by atoms with E-state index < -0.39 is 23.9 Å². The molecule has 1 aromatic rings. The number of esters is 2. The SMILES string of the molecule is COC(=O)/C=C1/NC[C@H](OC(=O)c2ccc(C(C)(C)C)cc2)CNC1=O. The van der Waals surface area contributed by atoms with E-state index in [0.717, 1.165) is 11.6 Å². The Morgan fingerprint density at radius 2 is 1.73 bits per heavy atom. The average Bonchev–Trinajstić information content (AvgIpc) is 2.77. The summed E-state index contributed by atoms with van der Waals surface area (Å²) in [6, 6.07) is 7.27. The molecule has 1 atom stereocenters. The fourth-order valence-corrected chi connectivity index (χ4v) is 2.38. The summed E-state index contributed by atoms with van der Waals surface area (Å²) in [5, 5.41) is 5.41. The monoisotopic (exact) mass is 360 g/mol. The Morgan fingerprint density at radius 1 is 1.12 bits per heavy atom. The van der Waals surface area contributed by atoms with Gasteiger partial charge in [-0.05, 0) is 23.1 Å². The Bertz CT molecular complexity index is 716. The van der Waals surface area contributed by atoms with E-state index in [2.05, 4.69) is 36.1 Å². The number of ether oxygens (including phenoxy) is 2. The molecule has 0 unspecified atom stereocenters. The molecule has 2 N–H and O–H groups in total. The molecule has 0 aromatic heterocycles. The lowest BCUT2D eigenvalue weighted by Gasteiger charge is -2.19. The van der Waals surface area contributed by atoms with Gasteiger partial charge >= 0.3 is 11.9 Å². The third-order valence-corrected chi connectivity index (χ3v) is 3.98. The van der Waals surface area contributed by atoms with Crippen LogP contribution in [0.15, 0.2) is 36.0 Å². The van der Waals surface area contributed by atoms with Gasteiger partial charge in [-0.25, -0.2) is 9.59 Å². The molecule has 1 amide bonds. The van der Waals surface area contributed by atoms with E-state index >= 15 is 0 Å². The first kappa shape index (κ1) is 19.5. The summed E-state index contributed by atoms with van der Waals surface area (Å²) in [5.41, 5.74) is 1.64. The van der Waals surface area contributed by atoms with Gasteiger partial charge in [0.15, 0.2) is 0 Å². The molecule has 7 nitrogen and oxygen atoms in total. The quantitative estimate of drug-likeness (QED) is 0.623. The summed E-state index contributed by atoms with van der Waals surface area (Å²) in [4.78, 5) is 35.5. The molecule has 7 heteroatoms. The second-order valence-corrected chi connectivity index (χ2v) is 7.03. The fourth-order valence-electron chi connectivity index (χ4n) is 2.38. The van der Waals surface area contributed by atoms with Gasteiger partial charge in [0.25, 0.3) is 5.91 Å². The van der Waals surface area contributed by atoms with Crippen molar-refractivity contribution in [3.8, 4) is 0 Å². The third-order valence-electron chi connectivity index (χ3n) is 3.98. The molecule has 140 valence electrons. The highest BCUT2D eigenvalue weighted by atomic mass is 16.5. The van der Waals surface area contributed by atoms with Crippen molar-refractivity contribution >= 4 is 17.8 Å². The van der Waals surface area contributed by atoms with Gasteiger partial charge in [0, 0.05) is 0 Å². The van der Waals surface area contributed by atoms with Crippen molar-refractivity contribution < 1.29 is 23.9 Å². The van der Waals surface area contributed by atoms with E-state index in [0.29, 0.717) is 5.56 Å². The number of hydrogen-bond acceptors (Lipinski definition) is 6. The third kappa shape index (κ3) is 5.08. The number of nitrogens with one attached hydrogen (secondary N) is 2. The van der Waals surface area contributed by atoms with Gasteiger partial charge in [0.05, 0.1) is 31.8 Å². The minimum Gasteiger partial charge on any atom is -0.466 e. The zero-order valence-electron chi connectivity index (χ0n) is 15.4. The number of benzene rings is 1. The van der Waals surface area contributed by atoms with Crippen LogP contribution >= 0.6 is 0 Å². The minimum atomic E-state index is -0.642. The zero-order chi connectivity index (χ0) is 19.3. The molecule has 0 spiro atoms. The highest BCUT2D eigenvalue weighted by Crippen LogP contribution is 2.22. The molecule has 0 aliphatic carbocycles. The van der Waals surface area contributed by atoms with E-state index in [9.17, 15) is 14.4 Å². The number of rotatable bonds is 3. The fraction of sp³-hybridized carbons (Fsp3) is 0.421. The number of carbonyl (C=O) groups is 3. The van der Waals surface area contributed by atoms with Gasteiger partial charge in [-0.1, -0.05) is 32.9 Å². The van der Waals surface area contributed by atoms with E-state index in [4.69, 9.17) is 4.74 Å². The first-order valence-electron chi connectivity index (χ1n) is 8.34. The topological polar surface area (TPSA) is 93.7 Å². The smallest absolute Gasteiger partial charge is 0.338 e. The predicted octanol–water partition coefficient (Wildman–Crippen LogP) is 1.29. The molecule has 1 fully saturated rings. The first-order valence-corrected chi connectivity index (χ1v) is 8.34. The Balaban J connectivity index is 2.00. The van der Waals surface area contributed by atoms with Crippen LogP contribution in [-0.2, 0) is 24.5 Å². The lowest BCUT2D eigenvalue weighted by atomic mass is 9.87. The Kier molecular flexibility index (Phi) is 6.02. The Hall–Kier alpha value is -2.83. The summed E-state index contributed by atoms with van der Waals surface area (Å²) in [5.74, 6) is -1.56. The zero-order valence-corrected chi connectivity index (χ0v) is 15.4. The van der Waals surface area contributed by atoms with Crippen LogP contribution in [-0.4, -0.2) is 44.1 Å². The van der Waals surface area contributed by atoms with Gasteiger partial charge in [0.2, 0.25) is 0 Å². The van der Waals surface area contributed by atoms with Crippen molar-refractivity contribution in [2.24, 2.45) is 0 Å². The van der Waals surface area contributed by atoms with Crippen molar-refractivity contribution in [3.05, 3.63) is 47.2 Å². The molecular formula is C19H24N2O5. The van der Waals surface area contributed by atoms with Crippen LogP contribution < -0.4 is 10.6 Å². The molecule has 26 heavy (non-hydrogen) atoms. The van der Waals surface area contributed by atoms with Crippen molar-refractivity contribution in [3.63, 3.8) is 0 Å². The number of hydrogen-bond donors (Lipinski definition) is 2. The Morgan fingerprint density at radius 3 is 2.31 bits per heavy atom. The van der Waals surface area contributed by atoms with E-state index in [-0.39, 0.29) is 24.2 Å². The molecule has 1 saturated heterocycles. The Labute approximate surface area is 152 Å². The molecule has 1 aliphatic heterocycles. The first-order chi connectivity index (χ1) is 12.2. The van der Waals surface area contributed by atoms with Crippen molar-refractivity contribution in [2.75, 3.05) is 20.2 Å². The van der Waals surface area contributed by atoms with Gasteiger partial charge in [-0.3, -0.25) is 4.79 Å². The van der Waals surface area contributed by atoms with Gasteiger partial charge in [-0.15, -0.1) is 0 Å². The largest absolute Gasteiger partial charge is 0.466 e. The number of methoxy groups -OCH3 is 1. The summed E-state index contributed by atoms with van der Waals surface area (Å²) in [7, 11) is 1.23. The van der Waals surface area contributed by atoms with Crippen LogP contribution in [0, 0.1) is 0 Å². The van der Waals surface area contributed by atoms with Crippen molar-refractivity contribution in [1.82, 2.24) is 10.6 Å². The standard InChI is InChI=1S/C19H24N2O5/c1-19(2,3)13-7-5-12(6-8-13)18(24)26-14-10-20-15(9-16(22)25-4)17(23)21-11-14/h5-9,14,20H,10-11H2,1-4H3,(H,21,23)/b15-9+/t14-/m0/s1. The minimum absolute atomic E-state index is 0.000295. The lowest BCUT2D eigenvalue weighted by Crippen LogP contribution is -2.34. The van der Waals surface area contributed by atoms with Gasteiger partial charge in [-0.2, -0.15) is 0 Å². The van der Waals surface area contributed by atoms with Crippen LogP contribution in [0.25, 0.3) is 0 Å². The summed E-state index contributed by atoms with van der Waals surface area (Å²) < 4.78 is 9.96. The van der Waals surface area contributed by atoms with Crippen molar-refractivity contribution in [2.45, 2.75) is 32.3 Å². The number of carbonyl (C=O) groups excluding carboxylic acids is 3. The molecule has 1 aliphatic rings.